The summed E-state index contributed by atoms with van der Waals surface area (Å²) in [7, 11) is -3.30. The van der Waals surface area contributed by atoms with Gasteiger partial charge < -0.3 is 0 Å². The predicted octanol–water partition coefficient (Wildman–Crippen LogP) is 2.36. The zero-order valence-electron chi connectivity index (χ0n) is 9.03. The molecule has 0 atom stereocenters. The Labute approximate surface area is 105 Å². The molecule has 0 bridgehead atoms. The summed E-state index contributed by atoms with van der Waals surface area (Å²) in [4.78, 5) is 0. The van der Waals surface area contributed by atoms with E-state index in [2.05, 4.69) is 27.2 Å². The lowest BCUT2D eigenvalue weighted by atomic mass is 10.1. The Morgan fingerprint density at radius 3 is 2.75 bits per heavy atom. The van der Waals surface area contributed by atoms with Gasteiger partial charge in [0.2, 0.25) is 10.0 Å². The number of hydrogen-bond donors (Lipinski definition) is 1. The molecule has 0 amide bonds. The van der Waals surface area contributed by atoms with Crippen LogP contribution in [0.4, 0.5) is 0 Å². The average Bonchev–Trinajstić information content (AvgIpc) is 2.23. The van der Waals surface area contributed by atoms with E-state index in [-0.39, 0.29) is 0 Å². The second-order valence-corrected chi connectivity index (χ2v) is 6.01. The molecule has 0 unspecified atom stereocenters. The Morgan fingerprint density at radius 2 is 2.19 bits per heavy atom. The second-order valence-electron chi connectivity index (χ2n) is 3.44. The topological polar surface area (TPSA) is 46.2 Å². The predicted molar refractivity (Wildman–Crippen MR) is 69.7 cm³/mol. The van der Waals surface area contributed by atoms with Crippen molar-refractivity contribution in [1.29, 1.82) is 0 Å². The number of benzene rings is 1. The molecule has 0 aliphatic carbocycles. The molecule has 0 saturated heterocycles. The van der Waals surface area contributed by atoms with Crippen LogP contribution < -0.4 is 4.72 Å². The maximum Gasteiger partial charge on any atom is 0.233 e. The first-order chi connectivity index (χ1) is 7.44. The molecule has 0 saturated carbocycles. The van der Waals surface area contributed by atoms with Crippen LogP contribution in [-0.4, -0.2) is 15.0 Å². The maximum absolute atomic E-state index is 11.1. The first kappa shape index (κ1) is 13.4. The minimum atomic E-state index is -3.30. The van der Waals surface area contributed by atoms with E-state index in [9.17, 15) is 8.42 Å². The van der Waals surface area contributed by atoms with Gasteiger partial charge in [0, 0.05) is 16.4 Å². The van der Waals surface area contributed by atoms with Crippen molar-refractivity contribution in [3.63, 3.8) is 0 Å². The molecular formula is C11H14BrNO2S. The quantitative estimate of drug-likeness (QED) is 0.908. The highest BCUT2D eigenvalue weighted by Crippen LogP contribution is 2.17. The standard InChI is InChI=1S/C11H14BrNO2S/c1-3-16(14,15)13-7-6-10-4-5-11(12)9(2)8-10/h3-5,8,13H,1,6-7H2,2H3. The Kier molecular flexibility index (Phi) is 4.70. The van der Waals surface area contributed by atoms with Gasteiger partial charge in [-0.1, -0.05) is 34.6 Å². The number of sulfonamides is 1. The molecular weight excluding hydrogens is 290 g/mol. The van der Waals surface area contributed by atoms with Crippen molar-refractivity contribution in [2.24, 2.45) is 0 Å². The third-order valence-electron chi connectivity index (χ3n) is 2.16. The summed E-state index contributed by atoms with van der Waals surface area (Å²) in [5.41, 5.74) is 2.25. The summed E-state index contributed by atoms with van der Waals surface area (Å²) in [6.45, 7) is 5.61. The molecule has 0 aromatic heterocycles. The fourth-order valence-corrected chi connectivity index (χ4v) is 2.01. The van der Waals surface area contributed by atoms with Crippen LogP contribution in [0.15, 0.2) is 34.7 Å². The van der Waals surface area contributed by atoms with Gasteiger partial charge in [-0.05, 0) is 30.5 Å². The zero-order chi connectivity index (χ0) is 12.2. The SMILES string of the molecule is C=CS(=O)(=O)NCCc1ccc(Br)c(C)c1. The highest BCUT2D eigenvalue weighted by atomic mass is 79.9. The van der Waals surface area contributed by atoms with Gasteiger partial charge in [-0.15, -0.1) is 0 Å². The summed E-state index contributed by atoms with van der Waals surface area (Å²) in [5.74, 6) is 0. The van der Waals surface area contributed by atoms with Gasteiger partial charge in [0.05, 0.1) is 0 Å². The third-order valence-corrected chi connectivity index (χ3v) is 4.09. The van der Waals surface area contributed by atoms with E-state index >= 15 is 0 Å². The third kappa shape index (κ3) is 4.08. The molecule has 0 spiro atoms. The molecule has 0 radical (unpaired) electrons. The molecule has 1 aromatic carbocycles. The minimum Gasteiger partial charge on any atom is -0.211 e. The van der Waals surface area contributed by atoms with Crippen LogP contribution in [0.2, 0.25) is 0 Å². The Bertz CT molecular complexity index is 483. The summed E-state index contributed by atoms with van der Waals surface area (Å²) in [5, 5.41) is 0.916. The van der Waals surface area contributed by atoms with E-state index in [0.29, 0.717) is 13.0 Å². The lowest BCUT2D eigenvalue weighted by Gasteiger charge is -2.05. The van der Waals surface area contributed by atoms with Crippen molar-refractivity contribution in [3.8, 4) is 0 Å². The molecule has 1 rings (SSSR count). The van der Waals surface area contributed by atoms with Crippen molar-refractivity contribution >= 4 is 26.0 Å². The van der Waals surface area contributed by atoms with E-state index < -0.39 is 10.0 Å². The van der Waals surface area contributed by atoms with Crippen LogP contribution in [-0.2, 0) is 16.4 Å². The van der Waals surface area contributed by atoms with Crippen molar-refractivity contribution in [2.75, 3.05) is 6.54 Å². The molecule has 0 heterocycles. The van der Waals surface area contributed by atoms with E-state index in [0.717, 1.165) is 21.0 Å². The Balaban J connectivity index is 2.56. The molecule has 5 heteroatoms. The van der Waals surface area contributed by atoms with Gasteiger partial charge in [0.25, 0.3) is 0 Å². The molecule has 0 fully saturated rings. The second kappa shape index (κ2) is 5.61. The number of aryl methyl sites for hydroxylation is 1. The van der Waals surface area contributed by atoms with Gasteiger partial charge in [-0.2, -0.15) is 0 Å². The van der Waals surface area contributed by atoms with Gasteiger partial charge in [-0.25, -0.2) is 13.1 Å². The van der Waals surface area contributed by atoms with Gasteiger partial charge in [-0.3, -0.25) is 0 Å². The van der Waals surface area contributed by atoms with E-state index in [4.69, 9.17) is 0 Å². The van der Waals surface area contributed by atoms with Crippen molar-refractivity contribution in [1.82, 2.24) is 4.72 Å². The number of halogens is 1. The summed E-state index contributed by atoms with van der Waals surface area (Å²) < 4.78 is 25.6. The smallest absolute Gasteiger partial charge is 0.211 e. The van der Waals surface area contributed by atoms with Crippen LogP contribution in [0, 0.1) is 6.92 Å². The molecule has 3 nitrogen and oxygen atoms in total. The first-order valence-corrected chi connectivity index (χ1v) is 7.15. The summed E-state index contributed by atoms with van der Waals surface area (Å²) >= 11 is 3.42. The largest absolute Gasteiger partial charge is 0.233 e. The molecule has 1 N–H and O–H groups in total. The highest BCUT2D eigenvalue weighted by Gasteiger charge is 2.03. The van der Waals surface area contributed by atoms with Crippen molar-refractivity contribution < 1.29 is 8.42 Å². The lowest BCUT2D eigenvalue weighted by molar-refractivity contribution is 0.591. The average molecular weight is 304 g/mol. The minimum absolute atomic E-state index is 0.384. The number of rotatable bonds is 5. The fraction of sp³-hybridized carbons (Fsp3) is 0.273. The van der Waals surface area contributed by atoms with Crippen LogP contribution in [0.3, 0.4) is 0 Å². The van der Waals surface area contributed by atoms with Crippen LogP contribution in [0.1, 0.15) is 11.1 Å². The van der Waals surface area contributed by atoms with Gasteiger partial charge in [0.1, 0.15) is 0 Å². The monoisotopic (exact) mass is 303 g/mol. The summed E-state index contributed by atoms with van der Waals surface area (Å²) in [6.07, 6.45) is 0.668. The normalized spacial score (nSPS) is 11.4. The van der Waals surface area contributed by atoms with E-state index in [1.54, 1.807) is 0 Å². The Hall–Kier alpha value is -0.650. The molecule has 0 aliphatic heterocycles. The fourth-order valence-electron chi connectivity index (χ4n) is 1.26. The van der Waals surface area contributed by atoms with Crippen LogP contribution >= 0.6 is 15.9 Å². The molecule has 16 heavy (non-hydrogen) atoms. The summed E-state index contributed by atoms with van der Waals surface area (Å²) in [6, 6.07) is 5.97. The van der Waals surface area contributed by atoms with Crippen LogP contribution in [0.25, 0.3) is 0 Å². The maximum atomic E-state index is 11.1. The van der Waals surface area contributed by atoms with Crippen LogP contribution in [0.5, 0.6) is 0 Å². The van der Waals surface area contributed by atoms with Gasteiger partial charge >= 0.3 is 0 Å². The molecule has 0 aliphatic rings. The molecule has 1 aromatic rings. The van der Waals surface area contributed by atoms with Crippen molar-refractivity contribution in [2.45, 2.75) is 13.3 Å². The van der Waals surface area contributed by atoms with E-state index in [1.807, 2.05) is 25.1 Å². The lowest BCUT2D eigenvalue weighted by Crippen LogP contribution is -2.23. The van der Waals surface area contributed by atoms with Gasteiger partial charge in [0.15, 0.2) is 0 Å². The highest BCUT2D eigenvalue weighted by molar-refractivity contribution is 9.10. The van der Waals surface area contributed by atoms with Crippen molar-refractivity contribution in [3.05, 3.63) is 45.8 Å². The first-order valence-electron chi connectivity index (χ1n) is 4.82. The Morgan fingerprint density at radius 1 is 1.50 bits per heavy atom. The number of nitrogens with one attached hydrogen (secondary N) is 1. The molecule has 88 valence electrons. The van der Waals surface area contributed by atoms with E-state index in [1.165, 1.54) is 0 Å². The zero-order valence-corrected chi connectivity index (χ0v) is 11.4. The number of hydrogen-bond acceptors (Lipinski definition) is 2.